The number of carbonyl (C=O) groups excluding carboxylic acids is 1. The van der Waals surface area contributed by atoms with Gasteiger partial charge in [0, 0.05) is 44.3 Å². The summed E-state index contributed by atoms with van der Waals surface area (Å²) in [6.45, 7) is 6.42. The van der Waals surface area contributed by atoms with Crippen LogP contribution >= 0.6 is 0 Å². The number of nitrogens with zero attached hydrogens (tertiary/aromatic N) is 2. The number of piperidine rings is 1. The number of guanidine groups is 1. The molecule has 0 aromatic heterocycles. The molecule has 1 saturated carbocycles. The fourth-order valence-electron chi connectivity index (χ4n) is 5.38. The van der Waals surface area contributed by atoms with Crippen LogP contribution in [0.1, 0.15) is 23.7 Å². The van der Waals surface area contributed by atoms with Crippen molar-refractivity contribution in [2.24, 2.45) is 10.9 Å². The molecular weight excluding hydrogens is 452 g/mol. The summed E-state index contributed by atoms with van der Waals surface area (Å²) in [7, 11) is 1.69. The van der Waals surface area contributed by atoms with E-state index in [-0.39, 0.29) is 5.91 Å². The number of fused-ring (bicyclic) bond motifs is 4. The largest absolute Gasteiger partial charge is 0.485 e. The lowest BCUT2D eigenvalue weighted by molar-refractivity contribution is 0.0298. The molecule has 35 heavy (non-hydrogen) atoms. The van der Waals surface area contributed by atoms with Crippen LogP contribution < -0.4 is 30.7 Å². The number of anilines is 1. The van der Waals surface area contributed by atoms with Crippen LogP contribution in [0.5, 0.6) is 11.5 Å². The summed E-state index contributed by atoms with van der Waals surface area (Å²) in [6, 6.07) is 4.11. The smallest absolute Gasteiger partial charge is 0.257 e. The molecule has 3 atom stereocenters. The second kappa shape index (κ2) is 8.89. The highest BCUT2D eigenvalue weighted by Crippen LogP contribution is 2.51. The maximum atomic E-state index is 13.2. The van der Waals surface area contributed by atoms with Gasteiger partial charge in [0.15, 0.2) is 11.5 Å². The van der Waals surface area contributed by atoms with Gasteiger partial charge in [-0.1, -0.05) is 0 Å². The number of hydrogen-bond donors (Lipinski definition) is 4. The zero-order valence-corrected chi connectivity index (χ0v) is 20.1. The Kier molecular flexibility index (Phi) is 5.70. The standard InChI is InChI=1S/C24H32N6O5/c1-24-18(15-13-17(15)28-24)21(25-5-8-32-2)27-23(29-24)26-16-4-3-14(19-20(16)35-12-11-34-19)22(31)30-6-9-33-10-7-30/h3-4,15,17,25,28H,5-13H2,1-2H3,(H2,26,27,29). The number of hydrogen-bond acceptors (Lipinski definition) is 10. The lowest BCUT2D eigenvalue weighted by atomic mass is 9.99. The predicted molar refractivity (Wildman–Crippen MR) is 129 cm³/mol. The van der Waals surface area contributed by atoms with Crippen LogP contribution in [0.2, 0.25) is 0 Å². The number of amides is 1. The minimum atomic E-state index is -0.486. The molecule has 4 aliphatic heterocycles. The van der Waals surface area contributed by atoms with E-state index < -0.39 is 5.66 Å². The number of benzene rings is 1. The highest BCUT2D eigenvalue weighted by molar-refractivity contribution is 6.02. The lowest BCUT2D eigenvalue weighted by Crippen LogP contribution is -2.51. The fraction of sp³-hybridized carbons (Fsp3) is 0.583. The van der Waals surface area contributed by atoms with Gasteiger partial charge >= 0.3 is 0 Å². The molecule has 0 bridgehead atoms. The van der Waals surface area contributed by atoms with Crippen LogP contribution in [0.4, 0.5) is 5.69 Å². The number of aliphatic imine (C=N–C) groups is 1. The van der Waals surface area contributed by atoms with Gasteiger partial charge in [-0.25, -0.2) is 4.99 Å². The molecule has 11 nitrogen and oxygen atoms in total. The van der Waals surface area contributed by atoms with Crippen molar-refractivity contribution in [3.8, 4) is 11.5 Å². The molecule has 1 aromatic carbocycles. The van der Waals surface area contributed by atoms with Gasteiger partial charge in [-0.3, -0.25) is 10.1 Å². The Labute approximate surface area is 204 Å². The third-order valence-corrected chi connectivity index (χ3v) is 7.08. The highest BCUT2D eigenvalue weighted by Gasteiger charge is 2.58. The summed E-state index contributed by atoms with van der Waals surface area (Å²) in [6.07, 6.45) is 1.14. The van der Waals surface area contributed by atoms with Crippen molar-refractivity contribution in [3.05, 3.63) is 29.1 Å². The summed E-state index contributed by atoms with van der Waals surface area (Å²) < 4.78 is 22.5. The minimum absolute atomic E-state index is 0.0752. The second-order valence-corrected chi connectivity index (χ2v) is 9.50. The van der Waals surface area contributed by atoms with Crippen LogP contribution in [-0.2, 0) is 9.47 Å². The van der Waals surface area contributed by atoms with Crippen molar-refractivity contribution in [3.63, 3.8) is 0 Å². The first-order valence-electron chi connectivity index (χ1n) is 12.3. The summed E-state index contributed by atoms with van der Waals surface area (Å²) in [5, 5.41) is 14.0. The Balaban J connectivity index is 1.27. The summed E-state index contributed by atoms with van der Waals surface area (Å²) >= 11 is 0. The number of carbonyl (C=O) groups is 1. The van der Waals surface area contributed by atoms with Crippen LogP contribution in [0.15, 0.2) is 28.5 Å². The molecule has 3 fully saturated rings. The zero-order chi connectivity index (χ0) is 24.0. The van der Waals surface area contributed by atoms with Gasteiger partial charge in [-0.2, -0.15) is 0 Å². The minimum Gasteiger partial charge on any atom is -0.485 e. The van der Waals surface area contributed by atoms with E-state index in [4.69, 9.17) is 23.9 Å². The van der Waals surface area contributed by atoms with Gasteiger partial charge in [-0.05, 0) is 25.5 Å². The molecular formula is C24H32N6O5. The van der Waals surface area contributed by atoms with Crippen LogP contribution in [0, 0.1) is 5.92 Å². The molecule has 188 valence electrons. The van der Waals surface area contributed by atoms with Crippen molar-refractivity contribution in [1.82, 2.24) is 20.9 Å². The van der Waals surface area contributed by atoms with Crippen molar-refractivity contribution in [1.29, 1.82) is 0 Å². The van der Waals surface area contributed by atoms with Gasteiger partial charge in [0.05, 0.1) is 31.1 Å². The molecule has 0 spiro atoms. The van der Waals surface area contributed by atoms with E-state index in [1.165, 1.54) is 5.57 Å². The van der Waals surface area contributed by atoms with Gasteiger partial charge in [0.25, 0.3) is 5.91 Å². The first kappa shape index (κ1) is 22.4. The molecule has 2 saturated heterocycles. The average molecular weight is 485 g/mol. The third kappa shape index (κ3) is 4.07. The Hall–Kier alpha value is -3.02. The van der Waals surface area contributed by atoms with Crippen molar-refractivity contribution in [2.75, 3.05) is 65.1 Å². The second-order valence-electron chi connectivity index (χ2n) is 9.50. The normalized spacial score (nSPS) is 28.5. The van der Waals surface area contributed by atoms with E-state index in [0.717, 1.165) is 12.2 Å². The van der Waals surface area contributed by atoms with Crippen molar-refractivity contribution < 1.29 is 23.7 Å². The SMILES string of the molecule is COCCNC1=C2C3CC3NC2(C)N=C(Nc2ccc(C(=O)N3CCOCC3)c3c2OCCO3)N1. The van der Waals surface area contributed by atoms with Gasteiger partial charge in [0.2, 0.25) is 5.96 Å². The lowest BCUT2D eigenvalue weighted by Gasteiger charge is -2.34. The predicted octanol–water partition coefficient (Wildman–Crippen LogP) is 0.457. The molecule has 4 heterocycles. The van der Waals surface area contributed by atoms with Crippen LogP contribution in [0.25, 0.3) is 0 Å². The molecule has 1 amide bonds. The summed E-state index contributed by atoms with van der Waals surface area (Å²) in [4.78, 5) is 20.0. The van der Waals surface area contributed by atoms with E-state index in [9.17, 15) is 4.79 Å². The Morgan fingerprint density at radius 3 is 2.83 bits per heavy atom. The molecule has 6 rings (SSSR count). The molecule has 1 aliphatic carbocycles. The molecule has 4 N–H and O–H groups in total. The van der Waals surface area contributed by atoms with Crippen LogP contribution in [-0.4, -0.2) is 88.2 Å². The number of morpholine rings is 1. The quantitative estimate of drug-likeness (QED) is 0.427. The monoisotopic (exact) mass is 484 g/mol. The van der Waals surface area contributed by atoms with E-state index in [0.29, 0.717) is 93.3 Å². The van der Waals surface area contributed by atoms with E-state index in [1.807, 2.05) is 6.07 Å². The van der Waals surface area contributed by atoms with Crippen molar-refractivity contribution in [2.45, 2.75) is 25.0 Å². The number of nitrogens with one attached hydrogen (secondary N) is 4. The average Bonchev–Trinajstić information content (AvgIpc) is 3.54. The third-order valence-electron chi connectivity index (χ3n) is 7.08. The van der Waals surface area contributed by atoms with Gasteiger partial charge in [0.1, 0.15) is 24.7 Å². The van der Waals surface area contributed by atoms with Crippen molar-refractivity contribution >= 4 is 17.6 Å². The maximum absolute atomic E-state index is 13.2. The van der Waals surface area contributed by atoms with E-state index in [1.54, 1.807) is 18.1 Å². The van der Waals surface area contributed by atoms with E-state index in [2.05, 4.69) is 28.2 Å². The molecule has 5 aliphatic rings. The fourth-order valence-corrected chi connectivity index (χ4v) is 5.38. The first-order valence-corrected chi connectivity index (χ1v) is 12.3. The summed E-state index contributed by atoms with van der Waals surface area (Å²) in [5.41, 5.74) is 1.97. The highest BCUT2D eigenvalue weighted by atomic mass is 16.6. The molecule has 0 radical (unpaired) electrons. The van der Waals surface area contributed by atoms with Crippen LogP contribution in [0.3, 0.4) is 0 Å². The Bertz CT molecular complexity index is 1080. The summed E-state index contributed by atoms with van der Waals surface area (Å²) in [5.74, 6) is 2.97. The number of methoxy groups -OCH3 is 1. The first-order chi connectivity index (χ1) is 17.1. The van der Waals surface area contributed by atoms with E-state index >= 15 is 0 Å². The topological polar surface area (TPSA) is 118 Å². The molecule has 11 heteroatoms. The molecule has 1 aromatic rings. The molecule has 3 unspecified atom stereocenters. The number of rotatable bonds is 6. The maximum Gasteiger partial charge on any atom is 0.257 e. The number of ether oxygens (including phenoxy) is 4. The Morgan fingerprint density at radius 1 is 1.23 bits per heavy atom. The Morgan fingerprint density at radius 2 is 2.03 bits per heavy atom. The zero-order valence-electron chi connectivity index (χ0n) is 20.1. The van der Waals surface area contributed by atoms with Gasteiger partial charge in [-0.15, -0.1) is 0 Å². The van der Waals surface area contributed by atoms with Gasteiger partial charge < -0.3 is 39.8 Å².